The summed E-state index contributed by atoms with van der Waals surface area (Å²) in [6.45, 7) is 0.883. The molecule has 0 aliphatic carbocycles. The number of nitrogens with one attached hydrogen (secondary N) is 1. The predicted octanol–water partition coefficient (Wildman–Crippen LogP) is 4.97. The van der Waals surface area contributed by atoms with E-state index < -0.39 is 16.1 Å². The molecule has 1 aromatic carbocycles. The lowest BCUT2D eigenvalue weighted by Gasteiger charge is -2.31. The van der Waals surface area contributed by atoms with Gasteiger partial charge in [0.1, 0.15) is 29.7 Å². The molecule has 0 saturated carbocycles. The van der Waals surface area contributed by atoms with Gasteiger partial charge in [0.25, 0.3) is 10.0 Å². The Labute approximate surface area is 242 Å². The molecule has 11 nitrogen and oxygen atoms in total. The van der Waals surface area contributed by atoms with Crippen LogP contribution in [-0.4, -0.2) is 53.7 Å². The third-order valence-corrected chi connectivity index (χ3v) is 8.36. The van der Waals surface area contributed by atoms with Gasteiger partial charge in [0.15, 0.2) is 0 Å². The highest BCUT2D eigenvalue weighted by Gasteiger charge is 2.25. The number of hydrogen-bond donors (Lipinski definition) is 2. The fourth-order valence-corrected chi connectivity index (χ4v) is 5.89. The van der Waals surface area contributed by atoms with E-state index in [0.717, 1.165) is 11.3 Å². The Morgan fingerprint density at radius 2 is 1.90 bits per heavy atom. The molecule has 12 heteroatoms. The van der Waals surface area contributed by atoms with Crippen molar-refractivity contribution in [2.75, 3.05) is 22.7 Å². The van der Waals surface area contributed by atoms with Crippen molar-refractivity contribution < 1.29 is 27.8 Å². The third-order valence-electron chi connectivity index (χ3n) is 6.96. The summed E-state index contributed by atoms with van der Waals surface area (Å²) in [7, 11) is -3.77. The van der Waals surface area contributed by atoms with Crippen molar-refractivity contribution >= 4 is 33.4 Å². The fourth-order valence-electron chi connectivity index (χ4n) is 4.84. The maximum Gasteiger partial charge on any atom is 0.407 e. The quantitative estimate of drug-likeness (QED) is 0.394. The molecule has 0 unspecified atom stereocenters. The van der Waals surface area contributed by atoms with E-state index in [9.17, 15) is 18.3 Å². The molecule has 6 rings (SSSR count). The van der Waals surface area contributed by atoms with Crippen LogP contribution in [0.25, 0.3) is 5.76 Å². The largest absolute Gasteiger partial charge is 0.490 e. The van der Waals surface area contributed by atoms with Gasteiger partial charge in [-0.15, -0.1) is 0 Å². The van der Waals surface area contributed by atoms with Crippen LogP contribution in [0, 0.1) is 0 Å². The zero-order chi connectivity index (χ0) is 29.1. The Hall–Kier alpha value is -5.10. The van der Waals surface area contributed by atoms with E-state index in [4.69, 9.17) is 9.47 Å². The molecule has 3 aromatic rings. The summed E-state index contributed by atoms with van der Waals surface area (Å²) < 4.78 is 40.2. The molecule has 1 saturated heterocycles. The summed E-state index contributed by atoms with van der Waals surface area (Å²) in [5.74, 6) is 1.78. The van der Waals surface area contributed by atoms with Crippen molar-refractivity contribution in [1.29, 1.82) is 0 Å². The van der Waals surface area contributed by atoms with Crippen molar-refractivity contribution in [3.05, 3.63) is 115 Å². The maximum absolute atomic E-state index is 12.8. The van der Waals surface area contributed by atoms with E-state index >= 15 is 0 Å². The lowest BCUT2D eigenvalue weighted by atomic mass is 10.0. The van der Waals surface area contributed by atoms with E-state index in [1.54, 1.807) is 49.0 Å². The highest BCUT2D eigenvalue weighted by molar-refractivity contribution is 7.92. The minimum absolute atomic E-state index is 0.0764. The van der Waals surface area contributed by atoms with E-state index in [-0.39, 0.29) is 11.0 Å². The Morgan fingerprint density at radius 3 is 2.69 bits per heavy atom. The Morgan fingerprint density at radius 1 is 1.10 bits per heavy atom. The van der Waals surface area contributed by atoms with Gasteiger partial charge in [-0.05, 0) is 36.4 Å². The minimum atomic E-state index is -3.77. The lowest BCUT2D eigenvalue weighted by Crippen LogP contribution is -2.41. The van der Waals surface area contributed by atoms with Crippen LogP contribution < -0.4 is 14.4 Å². The second kappa shape index (κ2) is 11.4. The first-order chi connectivity index (χ1) is 20.4. The lowest BCUT2D eigenvalue weighted by molar-refractivity contribution is 0.0894. The Balaban J connectivity index is 1.16. The number of sulfonamides is 1. The van der Waals surface area contributed by atoms with Crippen LogP contribution in [0.3, 0.4) is 0 Å². The Bertz CT molecular complexity index is 1730. The molecule has 1 fully saturated rings. The molecule has 3 aliphatic heterocycles. The fraction of sp³-hybridized carbons (Fsp3) is 0.167. The highest BCUT2D eigenvalue weighted by atomic mass is 32.2. The SMILES string of the molecule is O=C(O)N1CCC(Oc2ccnc(N3C=CC=C4C=C(c5cncc(NS(=O)(=O)c6ccccc6)c5)OC=C43)c2)CC1. The van der Waals surface area contributed by atoms with Gasteiger partial charge in [-0.3, -0.25) is 14.6 Å². The number of aromatic nitrogens is 2. The second-order valence-electron chi connectivity index (χ2n) is 9.78. The zero-order valence-corrected chi connectivity index (χ0v) is 23.1. The summed E-state index contributed by atoms with van der Waals surface area (Å²) in [4.78, 5) is 23.3. The van der Waals surface area contributed by atoms with Gasteiger partial charge in [0, 0.05) is 61.7 Å². The predicted molar refractivity (Wildman–Crippen MR) is 156 cm³/mol. The van der Waals surface area contributed by atoms with E-state index in [2.05, 4.69) is 14.7 Å². The monoisotopic (exact) mass is 585 g/mol. The first kappa shape index (κ1) is 27.1. The summed E-state index contributed by atoms with van der Waals surface area (Å²) >= 11 is 0. The number of likely N-dealkylation sites (tertiary alicyclic amines) is 1. The average Bonchev–Trinajstić information content (AvgIpc) is 3.01. The topological polar surface area (TPSA) is 134 Å². The van der Waals surface area contributed by atoms with Gasteiger partial charge < -0.3 is 19.5 Å². The van der Waals surface area contributed by atoms with Crippen molar-refractivity contribution in [3.8, 4) is 5.75 Å². The molecule has 0 atom stereocenters. The van der Waals surface area contributed by atoms with Crippen LogP contribution in [0.1, 0.15) is 18.4 Å². The molecule has 214 valence electrons. The summed E-state index contributed by atoms with van der Waals surface area (Å²) in [5.41, 5.74) is 2.53. The third kappa shape index (κ3) is 5.84. The number of amides is 1. The van der Waals surface area contributed by atoms with Crippen LogP contribution in [0.15, 0.2) is 114 Å². The molecule has 3 aliphatic rings. The van der Waals surface area contributed by atoms with Crippen molar-refractivity contribution in [2.45, 2.75) is 23.8 Å². The number of hydrogen-bond acceptors (Lipinski definition) is 8. The molecule has 2 aromatic heterocycles. The summed E-state index contributed by atoms with van der Waals surface area (Å²) in [5, 5.41) is 9.18. The minimum Gasteiger partial charge on any atom is -0.490 e. The van der Waals surface area contributed by atoms with Gasteiger partial charge in [0.05, 0.1) is 22.5 Å². The molecule has 5 heterocycles. The number of ether oxygens (including phenoxy) is 2. The van der Waals surface area contributed by atoms with E-state index in [1.165, 1.54) is 23.2 Å². The standard InChI is InChI=1S/C30H27N5O6S/c36-30(37)34-13-9-24(10-14-34)41-25-8-11-32-29(17-25)35-12-4-5-21-16-28(40-20-27(21)35)22-15-23(19-31-18-22)33-42(38,39)26-6-2-1-3-7-26/h1-8,11-12,15-20,24,33H,9-10,13-14H2,(H,36,37). The molecular formula is C30H27N5O6S. The van der Waals surface area contributed by atoms with Gasteiger partial charge in [-0.1, -0.05) is 24.3 Å². The first-order valence-electron chi connectivity index (χ1n) is 13.3. The maximum atomic E-state index is 12.8. The van der Waals surface area contributed by atoms with Crippen LogP contribution >= 0.6 is 0 Å². The van der Waals surface area contributed by atoms with Crippen molar-refractivity contribution in [1.82, 2.24) is 14.9 Å². The first-order valence-corrected chi connectivity index (χ1v) is 14.7. The van der Waals surface area contributed by atoms with Crippen LogP contribution in [0.2, 0.25) is 0 Å². The normalized spacial score (nSPS) is 16.9. The van der Waals surface area contributed by atoms with Gasteiger partial charge in [-0.2, -0.15) is 0 Å². The number of carbonyl (C=O) groups is 1. The molecule has 2 N–H and O–H groups in total. The number of carboxylic acid groups (broad SMARTS) is 1. The smallest absolute Gasteiger partial charge is 0.407 e. The van der Waals surface area contributed by atoms with E-state index in [0.29, 0.717) is 54.5 Å². The number of allylic oxidation sites excluding steroid dienone is 3. The van der Waals surface area contributed by atoms with Gasteiger partial charge in [0.2, 0.25) is 0 Å². The molecule has 0 bridgehead atoms. The van der Waals surface area contributed by atoms with Crippen LogP contribution in [0.4, 0.5) is 16.3 Å². The van der Waals surface area contributed by atoms with E-state index in [1.807, 2.05) is 35.4 Å². The number of pyridine rings is 2. The number of rotatable bonds is 7. The molecule has 0 spiro atoms. The van der Waals surface area contributed by atoms with Crippen molar-refractivity contribution in [3.63, 3.8) is 0 Å². The molecule has 42 heavy (non-hydrogen) atoms. The molecular weight excluding hydrogens is 558 g/mol. The van der Waals surface area contributed by atoms with Crippen LogP contribution in [0.5, 0.6) is 5.75 Å². The summed E-state index contributed by atoms with van der Waals surface area (Å²) in [6.07, 6.45) is 14.1. The number of piperidine rings is 1. The van der Waals surface area contributed by atoms with Crippen LogP contribution in [-0.2, 0) is 14.8 Å². The van der Waals surface area contributed by atoms with Gasteiger partial charge >= 0.3 is 6.09 Å². The number of fused-ring (bicyclic) bond motifs is 1. The van der Waals surface area contributed by atoms with Crippen molar-refractivity contribution in [2.24, 2.45) is 0 Å². The average molecular weight is 586 g/mol. The second-order valence-corrected chi connectivity index (χ2v) is 11.5. The Kier molecular flexibility index (Phi) is 7.36. The number of benzene rings is 1. The summed E-state index contributed by atoms with van der Waals surface area (Å²) in [6, 6.07) is 13.4. The number of nitrogens with zero attached hydrogens (tertiary/aromatic N) is 4. The number of anilines is 2. The molecule has 0 radical (unpaired) electrons. The molecule has 1 amide bonds. The van der Waals surface area contributed by atoms with Gasteiger partial charge in [-0.25, -0.2) is 18.2 Å². The highest BCUT2D eigenvalue weighted by Crippen LogP contribution is 2.35. The zero-order valence-electron chi connectivity index (χ0n) is 22.3.